The molecule has 1 N–H and O–H groups in total. The summed E-state index contributed by atoms with van der Waals surface area (Å²) in [5, 5.41) is 0. The number of sulfonamides is 1. The highest BCUT2D eigenvalue weighted by atomic mass is 79.9. The van der Waals surface area contributed by atoms with Crippen molar-refractivity contribution in [2.75, 3.05) is 6.54 Å². The summed E-state index contributed by atoms with van der Waals surface area (Å²) < 4.78 is 52.3. The van der Waals surface area contributed by atoms with Crippen LogP contribution in [0.5, 0.6) is 0 Å². The zero-order valence-electron chi connectivity index (χ0n) is 10.8. The molecule has 1 aliphatic rings. The standard InChI is InChI=1S/C13H16BrF2NO2S/c14-10-3-1-9(2-4-10)8-17-20(18,19)11-5-6-12(15)13(16)7-11/h5-7,9-10,17H,1-4,8H2. The molecule has 0 unspecified atom stereocenters. The van der Waals surface area contributed by atoms with Crippen LogP contribution in [0.1, 0.15) is 25.7 Å². The van der Waals surface area contributed by atoms with Crippen LogP contribution >= 0.6 is 15.9 Å². The Balaban J connectivity index is 1.98. The second-order valence-electron chi connectivity index (χ2n) is 5.05. The number of alkyl halides is 1. The first-order chi connectivity index (χ1) is 9.38. The predicted octanol–water partition coefficient (Wildman–Crippen LogP) is 3.20. The van der Waals surface area contributed by atoms with Crippen molar-refractivity contribution in [1.82, 2.24) is 4.72 Å². The molecule has 0 radical (unpaired) electrons. The second kappa shape index (κ2) is 6.49. The molecule has 0 bridgehead atoms. The molecule has 1 aromatic carbocycles. The lowest BCUT2D eigenvalue weighted by molar-refractivity contribution is 0.366. The van der Waals surface area contributed by atoms with Gasteiger partial charge in [0.1, 0.15) is 0 Å². The third kappa shape index (κ3) is 3.99. The minimum absolute atomic E-state index is 0.245. The van der Waals surface area contributed by atoms with Crippen LogP contribution in [0.4, 0.5) is 8.78 Å². The first-order valence-corrected chi connectivity index (χ1v) is 8.87. The van der Waals surface area contributed by atoms with E-state index in [-0.39, 0.29) is 4.90 Å². The van der Waals surface area contributed by atoms with Crippen molar-refractivity contribution in [3.8, 4) is 0 Å². The van der Waals surface area contributed by atoms with Gasteiger partial charge in [-0.15, -0.1) is 0 Å². The topological polar surface area (TPSA) is 46.2 Å². The van der Waals surface area contributed by atoms with Crippen molar-refractivity contribution >= 4 is 26.0 Å². The van der Waals surface area contributed by atoms with Crippen LogP contribution in [0, 0.1) is 17.6 Å². The lowest BCUT2D eigenvalue weighted by Gasteiger charge is -2.25. The summed E-state index contributed by atoms with van der Waals surface area (Å²) >= 11 is 3.54. The van der Waals surface area contributed by atoms with E-state index in [9.17, 15) is 17.2 Å². The van der Waals surface area contributed by atoms with Gasteiger partial charge >= 0.3 is 0 Å². The SMILES string of the molecule is O=S(=O)(NCC1CCC(Br)CC1)c1ccc(F)c(F)c1. The molecule has 20 heavy (non-hydrogen) atoms. The maximum Gasteiger partial charge on any atom is 0.240 e. The van der Waals surface area contributed by atoms with Crippen molar-refractivity contribution in [3.05, 3.63) is 29.8 Å². The van der Waals surface area contributed by atoms with Crippen LogP contribution in [0.2, 0.25) is 0 Å². The average Bonchev–Trinajstić information content (AvgIpc) is 2.41. The molecule has 0 amide bonds. The lowest BCUT2D eigenvalue weighted by atomic mass is 9.89. The molecule has 0 aromatic heterocycles. The van der Waals surface area contributed by atoms with Crippen molar-refractivity contribution in [2.24, 2.45) is 5.92 Å². The van der Waals surface area contributed by atoms with Crippen LogP contribution in [0.15, 0.2) is 23.1 Å². The Bertz CT molecular complexity index is 572. The van der Waals surface area contributed by atoms with Crippen molar-refractivity contribution in [2.45, 2.75) is 35.4 Å². The van der Waals surface area contributed by atoms with Gasteiger partial charge in [-0.2, -0.15) is 0 Å². The molecule has 7 heteroatoms. The van der Waals surface area contributed by atoms with Gasteiger partial charge in [0.15, 0.2) is 11.6 Å². The van der Waals surface area contributed by atoms with Gasteiger partial charge in [0.25, 0.3) is 0 Å². The van der Waals surface area contributed by atoms with E-state index in [1.54, 1.807) is 0 Å². The fourth-order valence-corrected chi connectivity index (χ4v) is 3.94. The van der Waals surface area contributed by atoms with Gasteiger partial charge < -0.3 is 0 Å². The first-order valence-electron chi connectivity index (χ1n) is 6.47. The fourth-order valence-electron chi connectivity index (χ4n) is 2.28. The Morgan fingerprint density at radius 1 is 1.15 bits per heavy atom. The Labute approximate surface area is 125 Å². The zero-order chi connectivity index (χ0) is 14.8. The van der Waals surface area contributed by atoms with Gasteiger partial charge in [-0.1, -0.05) is 15.9 Å². The number of hydrogen-bond donors (Lipinski definition) is 1. The fraction of sp³-hybridized carbons (Fsp3) is 0.538. The largest absolute Gasteiger partial charge is 0.240 e. The number of nitrogens with one attached hydrogen (secondary N) is 1. The average molecular weight is 368 g/mol. The van der Waals surface area contributed by atoms with Crippen LogP contribution in [-0.4, -0.2) is 19.8 Å². The molecular weight excluding hydrogens is 352 g/mol. The minimum Gasteiger partial charge on any atom is -0.211 e. The van der Waals surface area contributed by atoms with E-state index in [2.05, 4.69) is 20.7 Å². The predicted molar refractivity (Wildman–Crippen MR) is 76.2 cm³/mol. The monoisotopic (exact) mass is 367 g/mol. The smallest absolute Gasteiger partial charge is 0.211 e. The number of rotatable bonds is 4. The molecule has 0 spiro atoms. The Hall–Kier alpha value is -0.530. The van der Waals surface area contributed by atoms with Gasteiger partial charge in [-0.3, -0.25) is 0 Å². The number of benzene rings is 1. The summed E-state index contributed by atoms with van der Waals surface area (Å²) in [5.41, 5.74) is 0. The number of hydrogen-bond acceptors (Lipinski definition) is 2. The molecule has 3 nitrogen and oxygen atoms in total. The van der Waals surface area contributed by atoms with E-state index in [4.69, 9.17) is 0 Å². The summed E-state index contributed by atoms with van der Waals surface area (Å²) in [7, 11) is -3.78. The summed E-state index contributed by atoms with van der Waals surface area (Å²) in [6.07, 6.45) is 3.96. The van der Waals surface area contributed by atoms with E-state index in [1.165, 1.54) is 0 Å². The van der Waals surface area contributed by atoms with E-state index in [0.717, 1.165) is 37.8 Å². The molecule has 1 aromatic rings. The molecule has 0 atom stereocenters. The molecule has 1 fully saturated rings. The Morgan fingerprint density at radius 3 is 2.40 bits per heavy atom. The molecule has 0 heterocycles. The maximum atomic E-state index is 13.1. The maximum absolute atomic E-state index is 13.1. The first kappa shape index (κ1) is 15.9. The number of halogens is 3. The minimum atomic E-state index is -3.78. The van der Waals surface area contributed by atoms with Gasteiger partial charge in [0.05, 0.1) is 4.90 Å². The van der Waals surface area contributed by atoms with Crippen LogP contribution in [0.3, 0.4) is 0 Å². The quantitative estimate of drug-likeness (QED) is 0.830. The highest BCUT2D eigenvalue weighted by Gasteiger charge is 2.22. The van der Waals surface area contributed by atoms with Crippen LogP contribution in [0.25, 0.3) is 0 Å². The van der Waals surface area contributed by atoms with Crippen molar-refractivity contribution in [3.63, 3.8) is 0 Å². The van der Waals surface area contributed by atoms with E-state index in [1.807, 2.05) is 0 Å². The normalized spacial score (nSPS) is 23.8. The molecular formula is C13H16BrF2NO2S. The van der Waals surface area contributed by atoms with Gasteiger partial charge in [-0.25, -0.2) is 21.9 Å². The third-order valence-electron chi connectivity index (χ3n) is 3.54. The second-order valence-corrected chi connectivity index (χ2v) is 8.11. The van der Waals surface area contributed by atoms with Crippen molar-refractivity contribution in [1.29, 1.82) is 0 Å². The lowest BCUT2D eigenvalue weighted by Crippen LogP contribution is -2.31. The van der Waals surface area contributed by atoms with E-state index < -0.39 is 21.7 Å². The van der Waals surface area contributed by atoms with Crippen molar-refractivity contribution < 1.29 is 17.2 Å². The molecule has 1 aliphatic carbocycles. The summed E-state index contributed by atoms with van der Waals surface area (Å²) in [6.45, 7) is 0.334. The van der Waals surface area contributed by atoms with Gasteiger partial charge in [0.2, 0.25) is 10.0 Å². The summed E-state index contributed by atoms with van der Waals surface area (Å²) in [6, 6.07) is 2.59. The highest BCUT2D eigenvalue weighted by molar-refractivity contribution is 9.09. The van der Waals surface area contributed by atoms with Crippen LogP contribution in [-0.2, 0) is 10.0 Å². The van der Waals surface area contributed by atoms with Gasteiger partial charge in [-0.05, 0) is 49.8 Å². The molecule has 1 saturated carbocycles. The van der Waals surface area contributed by atoms with Crippen LogP contribution < -0.4 is 4.72 Å². The molecule has 0 aliphatic heterocycles. The third-order valence-corrected chi connectivity index (χ3v) is 5.88. The molecule has 2 rings (SSSR count). The van der Waals surface area contributed by atoms with E-state index >= 15 is 0 Å². The Kier molecular flexibility index (Phi) is 5.14. The zero-order valence-corrected chi connectivity index (χ0v) is 13.2. The summed E-state index contributed by atoms with van der Waals surface area (Å²) in [5.74, 6) is -1.92. The molecule has 112 valence electrons. The highest BCUT2D eigenvalue weighted by Crippen LogP contribution is 2.28. The molecule has 0 saturated heterocycles. The Morgan fingerprint density at radius 2 is 1.80 bits per heavy atom. The van der Waals surface area contributed by atoms with E-state index in [0.29, 0.717) is 23.4 Å². The van der Waals surface area contributed by atoms with Gasteiger partial charge in [0, 0.05) is 11.4 Å². The summed E-state index contributed by atoms with van der Waals surface area (Å²) in [4.78, 5) is 0.270.